The Bertz CT molecular complexity index is 1220. The number of carbonyl (C=O) groups is 1. The average Bonchev–Trinajstić information content (AvgIpc) is 3.27. The van der Waals surface area contributed by atoms with Crippen LogP contribution in [0.25, 0.3) is 11.3 Å². The molecule has 1 aliphatic heterocycles. The molecule has 4 rings (SSSR count). The molecule has 0 aliphatic carbocycles. The number of hydrogen-bond donors (Lipinski definition) is 1. The molecule has 0 saturated carbocycles. The van der Waals surface area contributed by atoms with Crippen LogP contribution in [-0.4, -0.2) is 50.0 Å². The standard InChI is InChI=1S/C22H20ClFN4O3S/c1-32-21-25-7-4-18(26-21)13-6-9-28(19(29)11-13)20(14-2-3-16(23)17(24)10-14)15-5-8-27(12-15)22(30)31/h2-4,6-7,9-11,15,20H,5,8,12H2,1H3,(H,30,31). The van der Waals surface area contributed by atoms with Crippen LogP contribution in [0.4, 0.5) is 9.18 Å². The lowest BCUT2D eigenvalue weighted by Crippen LogP contribution is -2.33. The number of aromatic nitrogens is 3. The van der Waals surface area contributed by atoms with Crippen LogP contribution in [0.3, 0.4) is 0 Å². The minimum Gasteiger partial charge on any atom is -0.465 e. The molecule has 1 amide bonds. The van der Waals surface area contributed by atoms with Crippen molar-refractivity contribution in [2.45, 2.75) is 17.6 Å². The first-order chi connectivity index (χ1) is 15.4. The van der Waals surface area contributed by atoms with Gasteiger partial charge in [0.05, 0.1) is 16.8 Å². The quantitative estimate of drug-likeness (QED) is 0.435. The Balaban J connectivity index is 1.76. The molecule has 2 aromatic heterocycles. The number of hydrogen-bond acceptors (Lipinski definition) is 5. The molecule has 0 spiro atoms. The predicted octanol–water partition coefficient (Wildman–Crippen LogP) is 4.41. The Morgan fingerprint density at radius 1 is 1.31 bits per heavy atom. The summed E-state index contributed by atoms with van der Waals surface area (Å²) in [6.07, 6.45) is 4.70. The van der Waals surface area contributed by atoms with E-state index in [9.17, 15) is 19.1 Å². The highest BCUT2D eigenvalue weighted by Gasteiger charge is 2.34. The lowest BCUT2D eigenvalue weighted by Gasteiger charge is -2.27. The molecule has 0 bridgehead atoms. The topological polar surface area (TPSA) is 88.3 Å². The van der Waals surface area contributed by atoms with E-state index >= 15 is 0 Å². The third-order valence-corrected chi connectivity index (χ3v) is 6.45. The maximum Gasteiger partial charge on any atom is 0.407 e. The first kappa shape index (κ1) is 22.3. The Hall–Kier alpha value is -2.91. The van der Waals surface area contributed by atoms with Crippen molar-refractivity contribution in [1.29, 1.82) is 0 Å². The van der Waals surface area contributed by atoms with Crippen molar-refractivity contribution in [3.8, 4) is 11.3 Å². The number of amides is 1. The van der Waals surface area contributed by atoms with E-state index in [1.165, 1.54) is 39.4 Å². The molecule has 1 fully saturated rings. The number of carboxylic acid groups (broad SMARTS) is 1. The second-order valence-electron chi connectivity index (χ2n) is 7.49. The smallest absolute Gasteiger partial charge is 0.407 e. The molecule has 3 aromatic rings. The highest BCUT2D eigenvalue weighted by atomic mass is 35.5. The van der Waals surface area contributed by atoms with E-state index in [4.69, 9.17) is 11.6 Å². The zero-order chi connectivity index (χ0) is 22.8. The zero-order valence-corrected chi connectivity index (χ0v) is 18.7. The van der Waals surface area contributed by atoms with Gasteiger partial charge >= 0.3 is 6.09 Å². The van der Waals surface area contributed by atoms with Crippen LogP contribution in [0.1, 0.15) is 18.0 Å². The van der Waals surface area contributed by atoms with Crippen molar-refractivity contribution in [3.05, 3.63) is 75.5 Å². The van der Waals surface area contributed by atoms with E-state index in [0.717, 1.165) is 0 Å². The van der Waals surface area contributed by atoms with Gasteiger partial charge in [-0.1, -0.05) is 29.4 Å². The first-order valence-corrected chi connectivity index (χ1v) is 11.5. The Morgan fingerprint density at radius 3 is 2.78 bits per heavy atom. The lowest BCUT2D eigenvalue weighted by molar-refractivity contribution is 0.153. The van der Waals surface area contributed by atoms with Gasteiger partial charge in [-0.05, 0) is 42.5 Å². The first-order valence-electron chi connectivity index (χ1n) is 9.90. The van der Waals surface area contributed by atoms with Gasteiger partial charge in [0, 0.05) is 43.0 Å². The van der Waals surface area contributed by atoms with Gasteiger partial charge in [0.2, 0.25) is 0 Å². The fourth-order valence-corrected chi connectivity index (χ4v) is 4.53. The van der Waals surface area contributed by atoms with Crippen LogP contribution < -0.4 is 5.56 Å². The van der Waals surface area contributed by atoms with Crippen LogP contribution >= 0.6 is 23.4 Å². The van der Waals surface area contributed by atoms with Gasteiger partial charge in [-0.2, -0.15) is 0 Å². The van der Waals surface area contributed by atoms with E-state index < -0.39 is 18.0 Å². The van der Waals surface area contributed by atoms with E-state index in [1.54, 1.807) is 30.6 Å². The van der Waals surface area contributed by atoms with Gasteiger partial charge in [0.15, 0.2) is 5.16 Å². The van der Waals surface area contributed by atoms with Gasteiger partial charge in [0.1, 0.15) is 5.82 Å². The van der Waals surface area contributed by atoms with E-state index in [1.807, 2.05) is 6.26 Å². The zero-order valence-electron chi connectivity index (χ0n) is 17.1. The molecule has 2 atom stereocenters. The summed E-state index contributed by atoms with van der Waals surface area (Å²) < 4.78 is 15.8. The Kier molecular flexibility index (Phi) is 6.48. The normalized spacial score (nSPS) is 16.8. The summed E-state index contributed by atoms with van der Waals surface area (Å²) in [6, 6.07) is 8.88. The number of thioether (sulfide) groups is 1. The summed E-state index contributed by atoms with van der Waals surface area (Å²) in [5, 5.41) is 9.95. The third-order valence-electron chi connectivity index (χ3n) is 5.59. The molecular weight excluding hydrogens is 455 g/mol. The molecule has 1 aliphatic rings. The summed E-state index contributed by atoms with van der Waals surface area (Å²) in [6.45, 7) is 0.610. The largest absolute Gasteiger partial charge is 0.465 e. The Morgan fingerprint density at radius 2 is 2.12 bits per heavy atom. The van der Waals surface area contributed by atoms with E-state index in [0.29, 0.717) is 34.9 Å². The molecule has 0 radical (unpaired) electrons. The number of likely N-dealkylation sites (tertiary alicyclic amines) is 1. The van der Waals surface area contributed by atoms with Crippen LogP contribution in [0, 0.1) is 11.7 Å². The molecular formula is C22H20ClFN4O3S. The number of nitrogens with zero attached hydrogens (tertiary/aromatic N) is 4. The maximum absolute atomic E-state index is 14.3. The van der Waals surface area contributed by atoms with E-state index in [2.05, 4.69) is 9.97 Å². The predicted molar refractivity (Wildman–Crippen MR) is 121 cm³/mol. The lowest BCUT2D eigenvalue weighted by atomic mass is 9.91. The highest BCUT2D eigenvalue weighted by Crippen LogP contribution is 2.34. The molecule has 1 saturated heterocycles. The SMILES string of the molecule is CSc1nccc(-c2ccn(C(c3ccc(Cl)c(F)c3)C3CCN(C(=O)O)C3)c(=O)c2)n1. The van der Waals surface area contributed by atoms with Crippen molar-refractivity contribution in [2.24, 2.45) is 5.92 Å². The van der Waals surface area contributed by atoms with Crippen molar-refractivity contribution >= 4 is 29.5 Å². The summed E-state index contributed by atoms with van der Waals surface area (Å²) in [5.41, 5.74) is 1.54. The second kappa shape index (κ2) is 9.30. The fraction of sp³-hybridized carbons (Fsp3) is 0.273. The molecule has 2 unspecified atom stereocenters. The van der Waals surface area contributed by atoms with Crippen LogP contribution in [-0.2, 0) is 0 Å². The third kappa shape index (κ3) is 4.49. The van der Waals surface area contributed by atoms with Crippen molar-refractivity contribution in [2.75, 3.05) is 19.3 Å². The minimum absolute atomic E-state index is 0.0119. The summed E-state index contributed by atoms with van der Waals surface area (Å²) in [5.74, 6) is -0.783. The number of halogens is 2. The molecule has 166 valence electrons. The summed E-state index contributed by atoms with van der Waals surface area (Å²) in [7, 11) is 0. The van der Waals surface area contributed by atoms with E-state index in [-0.39, 0.29) is 23.0 Å². The molecule has 7 nitrogen and oxygen atoms in total. The fourth-order valence-electron chi connectivity index (χ4n) is 4.05. The summed E-state index contributed by atoms with van der Waals surface area (Å²) in [4.78, 5) is 34.5. The van der Waals surface area contributed by atoms with Gasteiger partial charge in [0.25, 0.3) is 5.56 Å². The number of benzene rings is 1. The molecule has 1 aromatic carbocycles. The maximum atomic E-state index is 14.3. The van der Waals surface area contributed by atoms with Crippen molar-refractivity contribution < 1.29 is 14.3 Å². The monoisotopic (exact) mass is 474 g/mol. The van der Waals surface area contributed by atoms with Crippen LogP contribution in [0.2, 0.25) is 5.02 Å². The molecule has 10 heteroatoms. The number of rotatable bonds is 5. The van der Waals surface area contributed by atoms with Crippen molar-refractivity contribution in [3.63, 3.8) is 0 Å². The van der Waals surface area contributed by atoms with Crippen LogP contribution in [0.5, 0.6) is 0 Å². The molecule has 3 heterocycles. The van der Waals surface area contributed by atoms with Gasteiger partial charge in [-0.3, -0.25) is 4.79 Å². The summed E-state index contributed by atoms with van der Waals surface area (Å²) >= 11 is 7.26. The van der Waals surface area contributed by atoms with Crippen LogP contribution in [0.15, 0.2) is 58.7 Å². The van der Waals surface area contributed by atoms with Gasteiger partial charge in [-0.15, -0.1) is 0 Å². The molecule has 1 N–H and O–H groups in total. The second-order valence-corrected chi connectivity index (χ2v) is 8.67. The van der Waals surface area contributed by atoms with Gasteiger partial charge < -0.3 is 14.6 Å². The highest BCUT2D eigenvalue weighted by molar-refractivity contribution is 7.98. The van der Waals surface area contributed by atoms with Crippen molar-refractivity contribution in [1.82, 2.24) is 19.4 Å². The molecule has 32 heavy (non-hydrogen) atoms. The average molecular weight is 475 g/mol. The number of pyridine rings is 1. The van der Waals surface area contributed by atoms with Gasteiger partial charge in [-0.25, -0.2) is 19.2 Å². The Labute approximate surface area is 192 Å². The minimum atomic E-state index is -1.01.